The highest BCUT2D eigenvalue weighted by Crippen LogP contribution is 2.43. The molecule has 0 radical (unpaired) electrons. The van der Waals surface area contributed by atoms with E-state index in [9.17, 15) is 9.90 Å². The molecule has 6 heteroatoms. The fourth-order valence-electron chi connectivity index (χ4n) is 3.67. The smallest absolute Gasteiger partial charge is 0.324 e. The number of likely N-dealkylation sites (N-methyl/N-ethyl adjacent to an activating group) is 1. The number of rotatable bonds is 1. The van der Waals surface area contributed by atoms with Gasteiger partial charge < -0.3 is 10.0 Å². The minimum Gasteiger partial charge on any atom is -0.391 e. The molecule has 2 atom stereocenters. The number of benzene rings is 1. The van der Waals surface area contributed by atoms with Gasteiger partial charge in [-0.3, -0.25) is 4.90 Å². The fourth-order valence-corrected chi connectivity index (χ4v) is 3.88. The van der Waals surface area contributed by atoms with Crippen LogP contribution < -0.4 is 4.90 Å². The summed E-state index contributed by atoms with van der Waals surface area (Å²) in [6, 6.07) is 5.30. The zero-order valence-corrected chi connectivity index (χ0v) is 13.4. The molecule has 0 unspecified atom stereocenters. The summed E-state index contributed by atoms with van der Waals surface area (Å²) in [7, 11) is 1.75. The van der Waals surface area contributed by atoms with E-state index in [0.29, 0.717) is 28.4 Å². The summed E-state index contributed by atoms with van der Waals surface area (Å²) in [5.41, 5.74) is 1.31. The standard InChI is InChI=1S/C16H18ClN3O2/c1-10-12(6-5-11(8-18)14(10)17)20-9-16(19(2)15(20)22)7-3-4-13(16)21/h5-6,13,21H,3-4,7,9H2,1-2H3/t13-,16+/m1/s1. The molecule has 2 amide bonds. The topological polar surface area (TPSA) is 67.6 Å². The third-order valence-corrected chi connectivity index (χ3v) is 5.58. The maximum atomic E-state index is 12.7. The maximum Gasteiger partial charge on any atom is 0.324 e. The first-order valence-electron chi connectivity index (χ1n) is 7.35. The summed E-state index contributed by atoms with van der Waals surface area (Å²) >= 11 is 6.22. The molecule has 1 aliphatic carbocycles. The normalized spacial score (nSPS) is 27.8. The number of hydrogen-bond acceptors (Lipinski definition) is 3. The summed E-state index contributed by atoms with van der Waals surface area (Å²) in [4.78, 5) is 16.0. The molecule has 2 fully saturated rings. The van der Waals surface area contributed by atoms with E-state index in [1.807, 2.05) is 13.0 Å². The Hall–Kier alpha value is -1.77. The number of nitrogens with zero attached hydrogens (tertiary/aromatic N) is 3. The number of amides is 2. The molecule has 3 rings (SSSR count). The lowest BCUT2D eigenvalue weighted by molar-refractivity contribution is 0.0495. The van der Waals surface area contributed by atoms with E-state index in [2.05, 4.69) is 0 Å². The summed E-state index contributed by atoms with van der Waals surface area (Å²) < 4.78 is 0. The van der Waals surface area contributed by atoms with E-state index in [1.165, 1.54) is 0 Å². The van der Waals surface area contributed by atoms with Gasteiger partial charge in [-0.15, -0.1) is 0 Å². The Morgan fingerprint density at radius 1 is 1.50 bits per heavy atom. The maximum absolute atomic E-state index is 12.7. The highest BCUT2D eigenvalue weighted by molar-refractivity contribution is 6.33. The van der Waals surface area contributed by atoms with Gasteiger partial charge >= 0.3 is 6.03 Å². The number of hydrogen-bond donors (Lipinski definition) is 1. The van der Waals surface area contributed by atoms with Gasteiger partial charge in [0.25, 0.3) is 0 Å². The SMILES string of the molecule is Cc1c(N2C[C@]3(CCC[C@H]3O)N(C)C2=O)ccc(C#N)c1Cl. The van der Waals surface area contributed by atoms with Crippen LogP contribution in [0.25, 0.3) is 0 Å². The average molecular weight is 320 g/mol. The van der Waals surface area contributed by atoms with Crippen LogP contribution in [0.5, 0.6) is 0 Å². The first kappa shape index (κ1) is 15.1. The van der Waals surface area contributed by atoms with Gasteiger partial charge in [0.15, 0.2) is 0 Å². The van der Waals surface area contributed by atoms with Gasteiger partial charge in [-0.25, -0.2) is 4.79 Å². The lowest BCUT2D eigenvalue weighted by atomic mass is 9.94. The molecule has 5 nitrogen and oxygen atoms in total. The quantitative estimate of drug-likeness (QED) is 0.865. The second-order valence-electron chi connectivity index (χ2n) is 6.12. The van der Waals surface area contributed by atoms with Crippen molar-refractivity contribution in [3.05, 3.63) is 28.3 Å². The predicted octanol–water partition coefficient (Wildman–Crippen LogP) is 2.68. The first-order chi connectivity index (χ1) is 10.4. The molecule has 116 valence electrons. The number of carbonyl (C=O) groups excluding carboxylic acids is 1. The number of anilines is 1. The van der Waals surface area contributed by atoms with E-state index in [-0.39, 0.29) is 6.03 Å². The van der Waals surface area contributed by atoms with Crippen molar-refractivity contribution in [3.63, 3.8) is 0 Å². The molecule has 0 bridgehead atoms. The molecule has 1 aromatic carbocycles. The summed E-state index contributed by atoms with van der Waals surface area (Å²) in [5, 5.41) is 19.8. The molecule has 1 saturated carbocycles. The molecule has 22 heavy (non-hydrogen) atoms. The zero-order chi connectivity index (χ0) is 16.1. The molecule has 1 saturated heterocycles. The molecular formula is C16H18ClN3O2. The molecule has 1 aromatic rings. The molecular weight excluding hydrogens is 302 g/mol. The number of halogens is 1. The highest BCUT2D eigenvalue weighted by Gasteiger charge is 2.54. The van der Waals surface area contributed by atoms with Crippen LogP contribution in [0, 0.1) is 18.3 Å². The van der Waals surface area contributed by atoms with Gasteiger partial charge in [0, 0.05) is 12.7 Å². The van der Waals surface area contributed by atoms with Crippen molar-refractivity contribution >= 4 is 23.3 Å². The third kappa shape index (κ3) is 1.91. The Labute approximate surface area is 134 Å². The van der Waals surface area contributed by atoms with Gasteiger partial charge in [-0.2, -0.15) is 5.26 Å². The van der Waals surface area contributed by atoms with Crippen LogP contribution in [-0.2, 0) is 0 Å². The summed E-state index contributed by atoms with van der Waals surface area (Å²) in [6.45, 7) is 2.26. The Morgan fingerprint density at radius 3 is 2.82 bits per heavy atom. The summed E-state index contributed by atoms with van der Waals surface area (Å²) in [6.07, 6.45) is 1.94. The highest BCUT2D eigenvalue weighted by atomic mass is 35.5. The molecule has 0 aromatic heterocycles. The van der Waals surface area contributed by atoms with Crippen LogP contribution in [0.1, 0.15) is 30.4 Å². The number of aliphatic hydroxyl groups is 1. The van der Waals surface area contributed by atoms with Gasteiger partial charge in [-0.05, 0) is 43.9 Å². The van der Waals surface area contributed by atoms with E-state index in [0.717, 1.165) is 19.3 Å². The number of urea groups is 1. The van der Waals surface area contributed by atoms with Crippen molar-refractivity contribution < 1.29 is 9.90 Å². The molecule has 2 aliphatic rings. The monoisotopic (exact) mass is 319 g/mol. The van der Waals surface area contributed by atoms with Crippen LogP contribution in [0.4, 0.5) is 10.5 Å². The van der Waals surface area contributed by atoms with Crippen molar-refractivity contribution in [2.75, 3.05) is 18.5 Å². The Kier molecular flexibility index (Phi) is 3.54. The molecule has 1 aliphatic heterocycles. The van der Waals surface area contributed by atoms with Crippen LogP contribution >= 0.6 is 11.6 Å². The average Bonchev–Trinajstić information content (AvgIpc) is 2.99. The molecule has 1 N–H and O–H groups in total. The first-order valence-corrected chi connectivity index (χ1v) is 7.73. The third-order valence-electron chi connectivity index (χ3n) is 5.09. The van der Waals surface area contributed by atoms with Gasteiger partial charge in [-0.1, -0.05) is 11.6 Å². The predicted molar refractivity (Wildman–Crippen MR) is 84.0 cm³/mol. The Bertz CT molecular complexity index is 685. The second-order valence-corrected chi connectivity index (χ2v) is 6.50. The Morgan fingerprint density at radius 2 is 2.23 bits per heavy atom. The zero-order valence-electron chi connectivity index (χ0n) is 12.6. The van der Waals surface area contributed by atoms with Crippen LogP contribution in [-0.4, -0.2) is 41.3 Å². The minimum absolute atomic E-state index is 0.134. The van der Waals surface area contributed by atoms with E-state index < -0.39 is 11.6 Å². The van der Waals surface area contributed by atoms with E-state index in [4.69, 9.17) is 16.9 Å². The minimum atomic E-state index is -0.510. The second kappa shape index (κ2) is 5.15. The van der Waals surface area contributed by atoms with Gasteiger partial charge in [0.05, 0.1) is 28.8 Å². The summed E-state index contributed by atoms with van der Waals surface area (Å²) in [5.74, 6) is 0. The van der Waals surface area contributed by atoms with Crippen molar-refractivity contribution in [2.45, 2.75) is 37.8 Å². The van der Waals surface area contributed by atoms with Crippen molar-refractivity contribution in [1.29, 1.82) is 5.26 Å². The lowest BCUT2D eigenvalue weighted by Crippen LogP contribution is -2.50. The van der Waals surface area contributed by atoms with E-state index in [1.54, 1.807) is 29.0 Å². The molecule has 1 heterocycles. The van der Waals surface area contributed by atoms with Crippen molar-refractivity contribution in [3.8, 4) is 6.07 Å². The Balaban J connectivity index is 2.02. The van der Waals surface area contributed by atoms with Crippen LogP contribution in [0.15, 0.2) is 12.1 Å². The number of nitriles is 1. The number of aliphatic hydroxyl groups excluding tert-OH is 1. The van der Waals surface area contributed by atoms with Crippen LogP contribution in [0.3, 0.4) is 0 Å². The van der Waals surface area contributed by atoms with Crippen molar-refractivity contribution in [1.82, 2.24) is 4.90 Å². The molecule has 1 spiro atoms. The lowest BCUT2D eigenvalue weighted by Gasteiger charge is -2.33. The number of carbonyl (C=O) groups is 1. The van der Waals surface area contributed by atoms with Crippen molar-refractivity contribution in [2.24, 2.45) is 0 Å². The fraction of sp³-hybridized carbons (Fsp3) is 0.500. The van der Waals surface area contributed by atoms with Gasteiger partial charge in [0.1, 0.15) is 6.07 Å². The van der Waals surface area contributed by atoms with Gasteiger partial charge in [0.2, 0.25) is 0 Å². The van der Waals surface area contributed by atoms with E-state index >= 15 is 0 Å². The van der Waals surface area contributed by atoms with Crippen LogP contribution in [0.2, 0.25) is 5.02 Å². The largest absolute Gasteiger partial charge is 0.391 e.